The summed E-state index contributed by atoms with van der Waals surface area (Å²) >= 11 is 0. The Kier molecular flexibility index (Phi) is 5.83. The van der Waals surface area contributed by atoms with Crippen molar-refractivity contribution in [3.05, 3.63) is 35.6 Å². The van der Waals surface area contributed by atoms with Crippen LogP contribution in [0.1, 0.15) is 18.2 Å². The summed E-state index contributed by atoms with van der Waals surface area (Å²) in [5.74, 6) is 1.18. The molecular weight excluding hydrogens is 368 g/mol. The Balaban J connectivity index is 1.61. The second kappa shape index (κ2) is 8.47. The van der Waals surface area contributed by atoms with Gasteiger partial charge in [0.1, 0.15) is 19.0 Å². The van der Waals surface area contributed by atoms with Crippen molar-refractivity contribution in [3.63, 3.8) is 0 Å². The molecule has 1 amide bonds. The molecule has 0 spiro atoms. The van der Waals surface area contributed by atoms with Crippen LogP contribution >= 0.6 is 0 Å². The topological polar surface area (TPSA) is 109 Å². The summed E-state index contributed by atoms with van der Waals surface area (Å²) in [6.45, 7) is 4.03. The average molecular weight is 388 g/mol. The molecule has 0 radical (unpaired) electrons. The van der Waals surface area contributed by atoms with Gasteiger partial charge in [0.15, 0.2) is 23.4 Å². The zero-order valence-electron chi connectivity index (χ0n) is 15.7. The highest BCUT2D eigenvalue weighted by Crippen LogP contribution is 2.40. The number of hydrogen-bond acceptors (Lipinski definition) is 8. The van der Waals surface area contributed by atoms with Crippen molar-refractivity contribution < 1.29 is 33.1 Å². The lowest BCUT2D eigenvalue weighted by Gasteiger charge is -2.20. The molecule has 1 N–H and O–H groups in total. The van der Waals surface area contributed by atoms with E-state index < -0.39 is 18.0 Å². The highest BCUT2D eigenvalue weighted by atomic mass is 16.6. The number of carbonyl (C=O) groups is 2. The second-order valence-corrected chi connectivity index (χ2v) is 5.97. The maximum atomic E-state index is 12.0. The number of amides is 1. The number of carbonyl (C=O) groups excluding carboxylic acids is 2. The average Bonchev–Trinajstić information content (AvgIpc) is 3.10. The van der Waals surface area contributed by atoms with Crippen LogP contribution in [0.4, 0.5) is 5.82 Å². The van der Waals surface area contributed by atoms with Gasteiger partial charge in [0, 0.05) is 12.1 Å². The molecule has 0 bridgehead atoms. The van der Waals surface area contributed by atoms with Crippen LogP contribution in [0.15, 0.2) is 28.8 Å². The van der Waals surface area contributed by atoms with E-state index in [4.69, 9.17) is 23.5 Å². The van der Waals surface area contributed by atoms with E-state index >= 15 is 0 Å². The summed E-state index contributed by atoms with van der Waals surface area (Å²) in [6.07, 6.45) is 1.74. The van der Waals surface area contributed by atoms with Crippen molar-refractivity contribution in [1.82, 2.24) is 5.16 Å². The van der Waals surface area contributed by atoms with E-state index in [0.717, 1.165) is 0 Å². The molecule has 1 aromatic carbocycles. The van der Waals surface area contributed by atoms with Crippen molar-refractivity contribution in [1.29, 1.82) is 0 Å². The number of methoxy groups -OCH3 is 1. The van der Waals surface area contributed by atoms with Crippen molar-refractivity contribution in [2.75, 3.05) is 25.6 Å². The molecule has 9 heteroatoms. The maximum Gasteiger partial charge on any atom is 0.331 e. The first-order valence-electron chi connectivity index (χ1n) is 8.57. The minimum atomic E-state index is -1.01. The molecule has 3 rings (SSSR count). The van der Waals surface area contributed by atoms with Crippen molar-refractivity contribution in [3.8, 4) is 17.2 Å². The van der Waals surface area contributed by atoms with Crippen molar-refractivity contribution in [2.24, 2.45) is 0 Å². The number of esters is 1. The summed E-state index contributed by atoms with van der Waals surface area (Å²) < 4.78 is 26.3. The number of benzene rings is 1. The molecule has 0 saturated heterocycles. The van der Waals surface area contributed by atoms with Crippen LogP contribution in [-0.4, -0.2) is 43.5 Å². The van der Waals surface area contributed by atoms with E-state index in [1.165, 1.54) is 26.2 Å². The molecule has 2 heterocycles. The molecule has 1 aromatic heterocycles. The Bertz CT molecular complexity index is 886. The highest BCUT2D eigenvalue weighted by Gasteiger charge is 2.19. The molecule has 0 saturated carbocycles. The van der Waals surface area contributed by atoms with E-state index in [1.807, 2.05) is 0 Å². The van der Waals surface area contributed by atoms with E-state index in [9.17, 15) is 9.59 Å². The normalized spacial score (nSPS) is 13.8. The summed E-state index contributed by atoms with van der Waals surface area (Å²) in [6, 6.07) is 4.99. The van der Waals surface area contributed by atoms with Crippen LogP contribution in [0, 0.1) is 6.92 Å². The number of hydrogen-bond donors (Lipinski definition) is 1. The second-order valence-electron chi connectivity index (χ2n) is 5.97. The Hall–Kier alpha value is -3.49. The third-order valence-electron chi connectivity index (χ3n) is 3.80. The maximum absolute atomic E-state index is 12.0. The minimum absolute atomic E-state index is 0.254. The van der Waals surface area contributed by atoms with Crippen LogP contribution < -0.4 is 19.5 Å². The van der Waals surface area contributed by atoms with E-state index in [1.54, 1.807) is 25.1 Å². The van der Waals surface area contributed by atoms with Gasteiger partial charge in [-0.1, -0.05) is 5.16 Å². The monoisotopic (exact) mass is 388 g/mol. The van der Waals surface area contributed by atoms with Gasteiger partial charge in [-0.15, -0.1) is 0 Å². The van der Waals surface area contributed by atoms with Crippen LogP contribution in [0.3, 0.4) is 0 Å². The Morgan fingerprint density at radius 1 is 1.25 bits per heavy atom. The first-order chi connectivity index (χ1) is 13.5. The third kappa shape index (κ3) is 4.61. The van der Waals surface area contributed by atoms with Gasteiger partial charge in [-0.25, -0.2) is 4.79 Å². The van der Waals surface area contributed by atoms with Crippen LogP contribution in [0.5, 0.6) is 17.2 Å². The van der Waals surface area contributed by atoms with Crippen LogP contribution in [0.25, 0.3) is 6.08 Å². The van der Waals surface area contributed by atoms with Gasteiger partial charge in [0.05, 0.1) is 7.11 Å². The Labute approximate surface area is 161 Å². The van der Waals surface area contributed by atoms with E-state index in [0.29, 0.717) is 41.8 Å². The zero-order valence-corrected chi connectivity index (χ0v) is 15.7. The van der Waals surface area contributed by atoms with Gasteiger partial charge in [-0.05, 0) is 37.6 Å². The first-order valence-corrected chi connectivity index (χ1v) is 8.57. The Morgan fingerprint density at radius 2 is 2.04 bits per heavy atom. The molecule has 28 heavy (non-hydrogen) atoms. The van der Waals surface area contributed by atoms with Crippen molar-refractivity contribution >= 4 is 23.8 Å². The highest BCUT2D eigenvalue weighted by molar-refractivity contribution is 5.96. The van der Waals surface area contributed by atoms with Gasteiger partial charge in [0.2, 0.25) is 5.75 Å². The number of ether oxygens (including phenoxy) is 4. The molecular formula is C19H20N2O7. The predicted molar refractivity (Wildman–Crippen MR) is 98.4 cm³/mol. The van der Waals surface area contributed by atoms with Gasteiger partial charge in [-0.2, -0.15) is 0 Å². The number of anilines is 1. The molecule has 0 unspecified atom stereocenters. The van der Waals surface area contributed by atoms with Gasteiger partial charge >= 0.3 is 5.97 Å². The smallest absolute Gasteiger partial charge is 0.331 e. The molecule has 0 fully saturated rings. The number of fused-ring (bicyclic) bond motifs is 1. The van der Waals surface area contributed by atoms with Crippen molar-refractivity contribution in [2.45, 2.75) is 20.0 Å². The Morgan fingerprint density at radius 3 is 2.75 bits per heavy atom. The quantitative estimate of drug-likeness (QED) is 0.593. The fourth-order valence-electron chi connectivity index (χ4n) is 2.47. The first kappa shape index (κ1) is 19.3. The number of nitrogens with zero attached hydrogens (tertiary/aromatic N) is 1. The van der Waals surface area contributed by atoms with Crippen LogP contribution in [0.2, 0.25) is 0 Å². The van der Waals surface area contributed by atoms with Crippen LogP contribution in [-0.2, 0) is 14.3 Å². The van der Waals surface area contributed by atoms with E-state index in [2.05, 4.69) is 10.5 Å². The number of nitrogens with one attached hydrogen (secondary N) is 1. The largest absolute Gasteiger partial charge is 0.493 e. The standard InChI is InChI=1S/C19H20N2O7/c1-11-8-16(21-28-11)20-19(23)12(2)27-17(22)5-4-13-9-14(24-3)18-15(10-13)25-6-7-26-18/h4-5,8-10,12H,6-7H2,1-3H3,(H,20,21,23)/b5-4+/t12-/m0/s1. The molecule has 2 aromatic rings. The molecule has 1 atom stereocenters. The molecule has 1 aliphatic rings. The summed E-state index contributed by atoms with van der Waals surface area (Å²) in [4.78, 5) is 24.1. The third-order valence-corrected chi connectivity index (χ3v) is 3.80. The fraction of sp³-hybridized carbons (Fsp3) is 0.316. The number of aromatic nitrogens is 1. The van der Waals surface area contributed by atoms with Gasteiger partial charge < -0.3 is 28.8 Å². The lowest BCUT2D eigenvalue weighted by molar-refractivity contribution is -0.148. The SMILES string of the molecule is COc1cc(/C=C/C(=O)O[C@@H](C)C(=O)Nc2cc(C)on2)cc2c1OCCO2. The molecule has 148 valence electrons. The fourth-order valence-corrected chi connectivity index (χ4v) is 2.47. The number of aryl methyl sites for hydroxylation is 1. The summed E-state index contributed by atoms with van der Waals surface area (Å²) in [5, 5.41) is 6.15. The zero-order chi connectivity index (χ0) is 20.1. The minimum Gasteiger partial charge on any atom is -0.493 e. The summed E-state index contributed by atoms with van der Waals surface area (Å²) in [5.41, 5.74) is 0.660. The molecule has 0 aliphatic carbocycles. The molecule has 9 nitrogen and oxygen atoms in total. The van der Waals surface area contributed by atoms with E-state index in [-0.39, 0.29) is 5.82 Å². The van der Waals surface area contributed by atoms with Gasteiger partial charge in [-0.3, -0.25) is 4.79 Å². The molecule has 1 aliphatic heterocycles. The number of rotatable bonds is 6. The van der Waals surface area contributed by atoms with Gasteiger partial charge in [0.25, 0.3) is 5.91 Å². The predicted octanol–water partition coefficient (Wildman–Crippen LogP) is 2.35. The lowest BCUT2D eigenvalue weighted by Crippen LogP contribution is -2.29. The summed E-state index contributed by atoms with van der Waals surface area (Å²) in [7, 11) is 1.52. The lowest BCUT2D eigenvalue weighted by atomic mass is 10.1.